The van der Waals surface area contributed by atoms with Crippen molar-refractivity contribution in [2.45, 2.75) is 18.8 Å². The molecule has 0 radical (unpaired) electrons. The SMILES string of the molecule is CSCC[C@H](NC(=O)c1ccccc1Cl)C(=O)Nc1ccc(OC(F)(F)F)cc1. The summed E-state index contributed by atoms with van der Waals surface area (Å²) < 4.78 is 40.5. The Bertz CT molecular complexity index is 847. The first-order chi connectivity index (χ1) is 13.7. The highest BCUT2D eigenvalue weighted by atomic mass is 35.5. The number of amides is 2. The van der Waals surface area contributed by atoms with Crippen LogP contribution in [0.3, 0.4) is 0 Å². The normalized spacial score (nSPS) is 12.2. The molecular weight excluding hydrogens is 429 g/mol. The number of anilines is 1. The summed E-state index contributed by atoms with van der Waals surface area (Å²) >= 11 is 7.53. The maximum Gasteiger partial charge on any atom is 0.573 e. The Labute approximate surface area is 175 Å². The van der Waals surface area contributed by atoms with E-state index in [0.29, 0.717) is 12.2 Å². The highest BCUT2D eigenvalue weighted by Gasteiger charge is 2.31. The van der Waals surface area contributed by atoms with Gasteiger partial charge in [0.15, 0.2) is 0 Å². The fourth-order valence-corrected chi connectivity index (χ4v) is 3.05. The number of halogens is 4. The molecule has 0 heterocycles. The van der Waals surface area contributed by atoms with E-state index in [0.717, 1.165) is 12.1 Å². The average Bonchev–Trinajstić information content (AvgIpc) is 2.65. The summed E-state index contributed by atoms with van der Waals surface area (Å²) in [6.45, 7) is 0. The smallest absolute Gasteiger partial charge is 0.406 e. The number of ether oxygens (including phenoxy) is 1. The van der Waals surface area contributed by atoms with Gasteiger partial charge in [-0.1, -0.05) is 23.7 Å². The summed E-state index contributed by atoms with van der Waals surface area (Å²) in [5.74, 6) is -0.782. The Balaban J connectivity index is 2.06. The summed E-state index contributed by atoms with van der Waals surface area (Å²) in [4.78, 5) is 25.1. The van der Waals surface area contributed by atoms with Gasteiger partial charge in [0.25, 0.3) is 5.91 Å². The molecule has 156 valence electrons. The molecule has 0 aromatic heterocycles. The molecule has 0 aliphatic heterocycles. The van der Waals surface area contributed by atoms with Crippen LogP contribution in [0.1, 0.15) is 16.8 Å². The third-order valence-electron chi connectivity index (χ3n) is 3.71. The Kier molecular flexibility index (Phi) is 8.21. The molecule has 10 heteroatoms. The lowest BCUT2D eigenvalue weighted by Crippen LogP contribution is -2.44. The quantitative estimate of drug-likeness (QED) is 0.615. The number of benzene rings is 2. The second-order valence-corrected chi connectivity index (χ2v) is 7.24. The van der Waals surface area contributed by atoms with Crippen LogP contribution in [-0.4, -0.2) is 36.2 Å². The van der Waals surface area contributed by atoms with Crippen LogP contribution in [0, 0.1) is 0 Å². The second kappa shape index (κ2) is 10.4. The molecule has 2 N–H and O–H groups in total. The number of nitrogens with one attached hydrogen (secondary N) is 2. The van der Waals surface area contributed by atoms with Gasteiger partial charge in [-0.2, -0.15) is 11.8 Å². The molecule has 0 unspecified atom stereocenters. The summed E-state index contributed by atoms with van der Waals surface area (Å²) in [5.41, 5.74) is 0.510. The lowest BCUT2D eigenvalue weighted by Gasteiger charge is -2.19. The highest BCUT2D eigenvalue weighted by Crippen LogP contribution is 2.24. The van der Waals surface area contributed by atoms with Gasteiger partial charge in [0.05, 0.1) is 10.6 Å². The van der Waals surface area contributed by atoms with Crippen molar-refractivity contribution in [1.82, 2.24) is 5.32 Å². The molecule has 0 saturated heterocycles. The highest BCUT2D eigenvalue weighted by molar-refractivity contribution is 7.98. The Morgan fingerprint density at radius 1 is 1.14 bits per heavy atom. The zero-order valence-corrected chi connectivity index (χ0v) is 16.8. The van der Waals surface area contributed by atoms with Crippen molar-refractivity contribution in [3.8, 4) is 5.75 Å². The predicted octanol–water partition coefficient (Wildman–Crippen LogP) is 4.73. The summed E-state index contributed by atoms with van der Waals surface area (Å²) in [5, 5.41) is 5.49. The number of rotatable bonds is 8. The molecule has 0 aliphatic rings. The van der Waals surface area contributed by atoms with E-state index in [4.69, 9.17) is 11.6 Å². The largest absolute Gasteiger partial charge is 0.573 e. The number of hydrogen-bond donors (Lipinski definition) is 2. The third kappa shape index (κ3) is 7.51. The van der Waals surface area contributed by atoms with E-state index >= 15 is 0 Å². The Hall–Kier alpha value is -2.39. The van der Waals surface area contributed by atoms with E-state index in [1.54, 1.807) is 24.3 Å². The van der Waals surface area contributed by atoms with E-state index in [9.17, 15) is 22.8 Å². The lowest BCUT2D eigenvalue weighted by molar-refractivity contribution is -0.274. The first kappa shape index (κ1) is 22.9. The van der Waals surface area contributed by atoms with Crippen molar-refractivity contribution >= 4 is 40.9 Å². The van der Waals surface area contributed by atoms with Crippen molar-refractivity contribution in [3.05, 3.63) is 59.1 Å². The number of hydrogen-bond acceptors (Lipinski definition) is 4. The molecule has 29 heavy (non-hydrogen) atoms. The number of alkyl halides is 3. The van der Waals surface area contributed by atoms with E-state index in [-0.39, 0.29) is 16.3 Å². The monoisotopic (exact) mass is 446 g/mol. The Morgan fingerprint density at radius 3 is 2.38 bits per heavy atom. The summed E-state index contributed by atoms with van der Waals surface area (Å²) in [7, 11) is 0. The van der Waals surface area contributed by atoms with Gasteiger partial charge < -0.3 is 15.4 Å². The first-order valence-corrected chi connectivity index (χ1v) is 10.2. The van der Waals surface area contributed by atoms with E-state index < -0.39 is 30.0 Å². The minimum Gasteiger partial charge on any atom is -0.406 e. The summed E-state index contributed by atoms with van der Waals surface area (Å²) in [6.07, 6.45) is -2.57. The van der Waals surface area contributed by atoms with E-state index in [1.807, 2.05) is 6.26 Å². The molecule has 0 aliphatic carbocycles. The Morgan fingerprint density at radius 2 is 1.79 bits per heavy atom. The number of thioether (sulfide) groups is 1. The van der Waals surface area contributed by atoms with Crippen LogP contribution in [0.25, 0.3) is 0 Å². The molecule has 2 amide bonds. The standard InChI is InChI=1S/C19H18ClF3N2O3S/c1-29-11-10-16(25-17(26)14-4-2-3-5-15(14)20)18(27)24-12-6-8-13(9-7-12)28-19(21,22)23/h2-9,16H,10-11H2,1H3,(H,24,27)(H,25,26)/t16-/m0/s1. The van der Waals surface area contributed by atoms with Gasteiger partial charge in [0, 0.05) is 5.69 Å². The second-order valence-electron chi connectivity index (χ2n) is 5.85. The van der Waals surface area contributed by atoms with Gasteiger partial charge in [-0.3, -0.25) is 9.59 Å². The average molecular weight is 447 g/mol. The molecule has 2 rings (SSSR count). The van der Waals surface area contributed by atoms with Crippen LogP contribution in [0.4, 0.5) is 18.9 Å². The van der Waals surface area contributed by atoms with Crippen LogP contribution in [0.5, 0.6) is 5.75 Å². The zero-order valence-electron chi connectivity index (χ0n) is 15.3. The number of carbonyl (C=O) groups is 2. The van der Waals surface area contributed by atoms with Gasteiger partial charge in [0.1, 0.15) is 11.8 Å². The third-order valence-corrected chi connectivity index (χ3v) is 4.68. The van der Waals surface area contributed by atoms with Crippen molar-refractivity contribution < 1.29 is 27.5 Å². The van der Waals surface area contributed by atoms with E-state index in [2.05, 4.69) is 15.4 Å². The van der Waals surface area contributed by atoms with Crippen molar-refractivity contribution in [2.75, 3.05) is 17.3 Å². The van der Waals surface area contributed by atoms with Crippen molar-refractivity contribution in [3.63, 3.8) is 0 Å². The van der Waals surface area contributed by atoms with Crippen LogP contribution >= 0.6 is 23.4 Å². The molecule has 0 bridgehead atoms. The molecule has 5 nitrogen and oxygen atoms in total. The molecule has 2 aromatic rings. The maximum atomic E-state index is 12.6. The van der Waals surface area contributed by atoms with Gasteiger partial charge in [-0.25, -0.2) is 0 Å². The number of carbonyl (C=O) groups excluding carboxylic acids is 2. The van der Waals surface area contributed by atoms with Gasteiger partial charge >= 0.3 is 6.36 Å². The zero-order chi connectivity index (χ0) is 21.4. The summed E-state index contributed by atoms with van der Waals surface area (Å²) in [6, 6.07) is 10.3. The lowest BCUT2D eigenvalue weighted by atomic mass is 10.1. The molecule has 0 spiro atoms. The topological polar surface area (TPSA) is 67.4 Å². The van der Waals surface area contributed by atoms with Gasteiger partial charge in [0.2, 0.25) is 5.91 Å². The fourth-order valence-electron chi connectivity index (χ4n) is 2.36. The van der Waals surface area contributed by atoms with Gasteiger partial charge in [-0.15, -0.1) is 13.2 Å². The minimum absolute atomic E-state index is 0.241. The van der Waals surface area contributed by atoms with Crippen LogP contribution in [0.2, 0.25) is 5.02 Å². The van der Waals surface area contributed by atoms with Crippen molar-refractivity contribution in [1.29, 1.82) is 0 Å². The molecular formula is C19H18ClF3N2O3S. The molecule has 1 atom stereocenters. The molecule has 2 aromatic carbocycles. The van der Waals surface area contributed by atoms with Crippen LogP contribution in [0.15, 0.2) is 48.5 Å². The predicted molar refractivity (Wildman–Crippen MR) is 107 cm³/mol. The fraction of sp³-hybridized carbons (Fsp3) is 0.263. The first-order valence-electron chi connectivity index (χ1n) is 8.40. The van der Waals surface area contributed by atoms with Crippen LogP contribution in [-0.2, 0) is 4.79 Å². The van der Waals surface area contributed by atoms with Gasteiger partial charge in [-0.05, 0) is 54.8 Å². The minimum atomic E-state index is -4.79. The molecule has 0 saturated carbocycles. The van der Waals surface area contributed by atoms with E-state index in [1.165, 1.54) is 23.9 Å². The maximum absolute atomic E-state index is 12.6. The van der Waals surface area contributed by atoms with Crippen LogP contribution < -0.4 is 15.4 Å². The molecule has 0 fully saturated rings. The van der Waals surface area contributed by atoms with Crippen molar-refractivity contribution in [2.24, 2.45) is 0 Å².